The first kappa shape index (κ1) is 37.0. The second-order valence-corrected chi connectivity index (χ2v) is 10.6. The molecule has 0 radical (unpaired) electrons. The molecular formula is C40H52O. The predicted molar refractivity (Wildman–Crippen MR) is 186 cm³/mol. The smallest absolute Gasteiger partial charge is 0.145 e. The summed E-state index contributed by atoms with van der Waals surface area (Å²) in [6.45, 7) is 18.7. The summed E-state index contributed by atoms with van der Waals surface area (Å²) >= 11 is 0. The fourth-order valence-electron chi connectivity index (χ4n) is 3.17. The van der Waals surface area contributed by atoms with Gasteiger partial charge in [0.2, 0.25) is 0 Å². The van der Waals surface area contributed by atoms with Crippen molar-refractivity contribution in [2.24, 2.45) is 0 Å². The van der Waals surface area contributed by atoms with Crippen LogP contribution in [0.1, 0.15) is 75.2 Å². The van der Waals surface area contributed by atoms with Gasteiger partial charge in [0.05, 0.1) is 0 Å². The van der Waals surface area contributed by atoms with Gasteiger partial charge in [-0.15, -0.1) is 0 Å². The number of rotatable bonds is 16. The van der Waals surface area contributed by atoms with Crippen LogP contribution in [0.5, 0.6) is 0 Å². The molecule has 0 aromatic rings. The molecule has 41 heavy (non-hydrogen) atoms. The van der Waals surface area contributed by atoms with Crippen molar-refractivity contribution in [1.82, 2.24) is 0 Å². The van der Waals surface area contributed by atoms with E-state index in [0.717, 1.165) is 24.7 Å². The Kier molecular flexibility index (Phi) is 21.6. The van der Waals surface area contributed by atoms with Crippen LogP contribution in [0, 0.1) is 0 Å². The summed E-state index contributed by atoms with van der Waals surface area (Å²) in [5.41, 5.74) is 9.38. The van der Waals surface area contributed by atoms with E-state index in [-0.39, 0.29) is 0 Å². The van der Waals surface area contributed by atoms with E-state index >= 15 is 0 Å². The molecule has 0 aliphatic carbocycles. The number of hydrogen-bond acceptors (Lipinski definition) is 1. The van der Waals surface area contributed by atoms with Gasteiger partial charge in [-0.25, -0.2) is 0 Å². The van der Waals surface area contributed by atoms with E-state index in [2.05, 4.69) is 140 Å². The van der Waals surface area contributed by atoms with Crippen molar-refractivity contribution in [3.63, 3.8) is 0 Å². The van der Waals surface area contributed by atoms with Gasteiger partial charge in [0.1, 0.15) is 6.29 Å². The summed E-state index contributed by atoms with van der Waals surface area (Å²) in [5.74, 6) is 0. The van der Waals surface area contributed by atoms with Crippen LogP contribution in [0.4, 0.5) is 0 Å². The van der Waals surface area contributed by atoms with Crippen molar-refractivity contribution >= 4 is 6.29 Å². The van der Waals surface area contributed by atoms with Gasteiger partial charge in [-0.2, -0.15) is 0 Å². The monoisotopic (exact) mass is 548 g/mol. The second kappa shape index (κ2) is 23.9. The van der Waals surface area contributed by atoms with Crippen LogP contribution in [-0.4, -0.2) is 6.29 Å². The van der Waals surface area contributed by atoms with Gasteiger partial charge in [0.25, 0.3) is 0 Å². The predicted octanol–water partition coefficient (Wildman–Crippen LogP) is 11.9. The highest BCUT2D eigenvalue weighted by Crippen LogP contribution is 2.08. The Bertz CT molecular complexity index is 1240. The lowest BCUT2D eigenvalue weighted by Crippen LogP contribution is -1.76. The first-order valence-electron chi connectivity index (χ1n) is 14.4. The van der Waals surface area contributed by atoms with Crippen LogP contribution < -0.4 is 0 Å². The zero-order chi connectivity index (χ0) is 30.9. The van der Waals surface area contributed by atoms with Crippen LogP contribution in [0.15, 0.2) is 166 Å². The molecule has 0 aromatic carbocycles. The molecule has 218 valence electrons. The molecule has 0 atom stereocenters. The Morgan fingerprint density at radius 2 is 0.732 bits per heavy atom. The van der Waals surface area contributed by atoms with E-state index in [1.165, 1.54) is 33.4 Å². The molecule has 0 N–H and O–H groups in total. The zero-order valence-corrected chi connectivity index (χ0v) is 26.9. The quantitative estimate of drug-likeness (QED) is 0.0811. The van der Waals surface area contributed by atoms with Crippen molar-refractivity contribution < 1.29 is 4.79 Å². The molecule has 0 spiro atoms. The topological polar surface area (TPSA) is 17.1 Å². The van der Waals surface area contributed by atoms with Crippen LogP contribution in [0.25, 0.3) is 0 Å². The Hall–Kier alpha value is -3.97. The summed E-state index contributed by atoms with van der Waals surface area (Å²) in [5, 5.41) is 0. The minimum absolute atomic E-state index is 0.710. The van der Waals surface area contributed by atoms with Gasteiger partial charge in [0, 0.05) is 0 Å². The van der Waals surface area contributed by atoms with Crippen molar-refractivity contribution in [3.05, 3.63) is 166 Å². The molecule has 0 aromatic heterocycles. The third-order valence-corrected chi connectivity index (χ3v) is 5.72. The average Bonchev–Trinajstić information content (AvgIpc) is 2.90. The number of carbonyl (C=O) groups is 1. The molecule has 0 amide bonds. The van der Waals surface area contributed by atoms with Crippen molar-refractivity contribution in [2.75, 3.05) is 0 Å². The fourth-order valence-corrected chi connectivity index (χ4v) is 3.17. The molecule has 0 aliphatic heterocycles. The maximum Gasteiger partial charge on any atom is 0.145 e. The number of hydrogen-bond donors (Lipinski definition) is 0. The molecule has 0 saturated heterocycles. The van der Waals surface area contributed by atoms with Crippen LogP contribution in [0.2, 0.25) is 0 Å². The molecule has 0 aliphatic rings. The van der Waals surface area contributed by atoms with Gasteiger partial charge in [0.15, 0.2) is 0 Å². The minimum Gasteiger partial charge on any atom is -0.298 e. The lowest BCUT2D eigenvalue weighted by molar-refractivity contribution is -0.104. The summed E-state index contributed by atoms with van der Waals surface area (Å²) in [6, 6.07) is 0. The highest BCUT2D eigenvalue weighted by atomic mass is 16.1. The lowest BCUT2D eigenvalue weighted by Gasteiger charge is -1.96. The number of allylic oxidation sites excluding steroid dienone is 28. The first-order chi connectivity index (χ1) is 19.5. The van der Waals surface area contributed by atoms with Gasteiger partial charge in [-0.3, -0.25) is 4.79 Å². The SMILES string of the molecule is CC(C)=CCC\C(C)=C/C=C/C(C)=C/C=C/C(C)=C/C=C/C=C(C)/C=C/C=C(C)/C=C/C=C(C)/C=C/C=C(\C)C=O. The van der Waals surface area contributed by atoms with Crippen molar-refractivity contribution in [1.29, 1.82) is 0 Å². The van der Waals surface area contributed by atoms with Gasteiger partial charge < -0.3 is 0 Å². The molecule has 0 unspecified atom stereocenters. The highest BCUT2D eigenvalue weighted by Gasteiger charge is 1.87. The largest absolute Gasteiger partial charge is 0.298 e. The zero-order valence-electron chi connectivity index (χ0n) is 26.9. The third-order valence-electron chi connectivity index (χ3n) is 5.72. The molecule has 0 rings (SSSR count). The van der Waals surface area contributed by atoms with E-state index in [1.807, 2.05) is 31.2 Å². The van der Waals surface area contributed by atoms with Gasteiger partial charge in [-0.1, -0.05) is 161 Å². The average molecular weight is 549 g/mol. The summed E-state index contributed by atoms with van der Waals surface area (Å²) in [4.78, 5) is 10.6. The molecule has 0 bridgehead atoms. The normalized spacial score (nSPS) is 15.7. The molecular weight excluding hydrogens is 496 g/mol. The fraction of sp³-hybridized carbons (Fsp3) is 0.275. The Morgan fingerprint density at radius 3 is 1.07 bits per heavy atom. The maximum absolute atomic E-state index is 10.6. The third kappa shape index (κ3) is 24.8. The summed E-state index contributed by atoms with van der Waals surface area (Å²) in [7, 11) is 0. The number of aldehydes is 1. The van der Waals surface area contributed by atoms with Crippen molar-refractivity contribution in [2.45, 2.75) is 75.2 Å². The minimum atomic E-state index is 0.710. The molecule has 1 heteroatoms. The summed E-state index contributed by atoms with van der Waals surface area (Å²) < 4.78 is 0. The second-order valence-electron chi connectivity index (χ2n) is 10.6. The lowest BCUT2D eigenvalue weighted by atomic mass is 10.1. The van der Waals surface area contributed by atoms with E-state index < -0.39 is 0 Å². The molecule has 0 fully saturated rings. The summed E-state index contributed by atoms with van der Waals surface area (Å²) in [6.07, 6.45) is 44.6. The maximum atomic E-state index is 10.6. The van der Waals surface area contributed by atoms with Gasteiger partial charge in [-0.05, 0) is 80.7 Å². The molecule has 1 nitrogen and oxygen atoms in total. The number of carbonyl (C=O) groups excluding carboxylic acids is 1. The van der Waals surface area contributed by atoms with E-state index in [4.69, 9.17) is 0 Å². The van der Waals surface area contributed by atoms with E-state index in [9.17, 15) is 4.79 Å². The van der Waals surface area contributed by atoms with Crippen LogP contribution in [-0.2, 0) is 4.79 Å². The standard InChI is InChI=1S/C40H52O/c1-33(2)18-12-21-36(5)24-15-27-37(6)25-13-22-34(3)19-10-11-20-35(4)23-14-26-38(7)28-16-29-39(8)30-17-31-40(9)32-41/h10-11,13-20,22-32H,12,21H2,1-9H3/b11-10+,22-13+,23-14+,27-15+,28-16+,30-17+,34-19+,35-20+,36-24-,37-25+,38-26+,39-29+,40-31+. The van der Waals surface area contributed by atoms with Gasteiger partial charge >= 0.3 is 0 Å². The van der Waals surface area contributed by atoms with Crippen LogP contribution >= 0.6 is 0 Å². The van der Waals surface area contributed by atoms with E-state index in [1.54, 1.807) is 13.0 Å². The van der Waals surface area contributed by atoms with E-state index in [0.29, 0.717) is 5.57 Å². The molecule has 0 saturated carbocycles. The Balaban J connectivity index is 4.77. The Morgan fingerprint density at radius 1 is 0.415 bits per heavy atom. The molecule has 0 heterocycles. The Labute approximate surface area is 251 Å². The van der Waals surface area contributed by atoms with Crippen molar-refractivity contribution in [3.8, 4) is 0 Å². The highest BCUT2D eigenvalue weighted by molar-refractivity contribution is 5.72. The first-order valence-corrected chi connectivity index (χ1v) is 14.4. The van der Waals surface area contributed by atoms with Crippen LogP contribution in [0.3, 0.4) is 0 Å².